The van der Waals surface area contributed by atoms with Gasteiger partial charge in [-0.25, -0.2) is 0 Å². The molecular weight excluding hydrogens is 170 g/mol. The molecule has 1 fully saturated rings. The van der Waals surface area contributed by atoms with E-state index in [-0.39, 0.29) is 0 Å². The van der Waals surface area contributed by atoms with E-state index in [0.29, 0.717) is 6.54 Å². The molecule has 1 aliphatic rings. The molecule has 2 heteroatoms. The topological polar surface area (TPSA) is 26.0 Å². The van der Waals surface area contributed by atoms with Crippen molar-refractivity contribution >= 4 is 11.6 Å². The van der Waals surface area contributed by atoms with Gasteiger partial charge in [0.05, 0.1) is 0 Å². The monoisotopic (exact) mass is 181 g/mol. The molecule has 1 nitrogen and oxygen atoms in total. The first kappa shape index (κ1) is 8.09. The lowest BCUT2D eigenvalue weighted by molar-refractivity contribution is 1.05. The van der Waals surface area contributed by atoms with Crippen LogP contribution < -0.4 is 5.73 Å². The van der Waals surface area contributed by atoms with Gasteiger partial charge >= 0.3 is 0 Å². The molecule has 1 saturated carbocycles. The third-order valence-electron chi connectivity index (χ3n) is 2.32. The van der Waals surface area contributed by atoms with E-state index in [9.17, 15) is 0 Å². The van der Waals surface area contributed by atoms with Crippen molar-refractivity contribution in [1.82, 2.24) is 0 Å². The molecule has 1 aliphatic carbocycles. The summed E-state index contributed by atoms with van der Waals surface area (Å²) >= 11 is 6.09. The highest BCUT2D eigenvalue weighted by Gasteiger charge is 2.25. The van der Waals surface area contributed by atoms with Crippen molar-refractivity contribution in [3.05, 3.63) is 34.3 Å². The Labute approximate surface area is 77.5 Å². The van der Waals surface area contributed by atoms with Gasteiger partial charge in [0.15, 0.2) is 0 Å². The molecule has 0 radical (unpaired) electrons. The lowest BCUT2D eigenvalue weighted by atomic mass is 10.1. The van der Waals surface area contributed by atoms with Crippen molar-refractivity contribution in [3.8, 4) is 0 Å². The van der Waals surface area contributed by atoms with Crippen LogP contribution in [0.15, 0.2) is 18.2 Å². The first-order chi connectivity index (χ1) is 5.81. The normalized spacial score (nSPS) is 16.5. The minimum atomic E-state index is 0.574. The number of halogens is 1. The summed E-state index contributed by atoms with van der Waals surface area (Å²) < 4.78 is 0. The quantitative estimate of drug-likeness (QED) is 0.746. The molecule has 0 aromatic heterocycles. The molecule has 0 saturated heterocycles. The second kappa shape index (κ2) is 3.08. The Hall–Kier alpha value is -0.530. The van der Waals surface area contributed by atoms with Gasteiger partial charge in [0.1, 0.15) is 0 Å². The van der Waals surface area contributed by atoms with Crippen molar-refractivity contribution in [3.63, 3.8) is 0 Å². The Kier molecular flexibility index (Phi) is 2.07. The number of hydrogen-bond donors (Lipinski definition) is 1. The number of rotatable bonds is 2. The SMILES string of the molecule is NCc1ccc(C2CC2)c(Cl)c1. The molecule has 0 bridgehead atoms. The fraction of sp³-hybridized carbons (Fsp3) is 0.400. The largest absolute Gasteiger partial charge is 0.326 e. The maximum Gasteiger partial charge on any atom is 0.0444 e. The molecule has 0 unspecified atom stereocenters. The summed E-state index contributed by atoms with van der Waals surface area (Å²) in [5.74, 6) is 0.726. The zero-order chi connectivity index (χ0) is 8.55. The minimum absolute atomic E-state index is 0.574. The van der Waals surface area contributed by atoms with Gasteiger partial charge in [0.2, 0.25) is 0 Å². The fourth-order valence-corrected chi connectivity index (χ4v) is 1.78. The average Bonchev–Trinajstić information content (AvgIpc) is 2.87. The van der Waals surface area contributed by atoms with Crippen LogP contribution in [0.1, 0.15) is 29.9 Å². The Bertz CT molecular complexity index is 292. The van der Waals surface area contributed by atoms with Crippen LogP contribution in [0.4, 0.5) is 0 Å². The third kappa shape index (κ3) is 1.47. The molecule has 12 heavy (non-hydrogen) atoms. The van der Waals surface area contributed by atoms with Gasteiger partial charge in [-0.2, -0.15) is 0 Å². The summed E-state index contributed by atoms with van der Waals surface area (Å²) in [6.45, 7) is 0.574. The van der Waals surface area contributed by atoms with Crippen molar-refractivity contribution in [1.29, 1.82) is 0 Å². The molecule has 1 aromatic rings. The zero-order valence-corrected chi connectivity index (χ0v) is 7.64. The number of benzene rings is 1. The molecule has 2 N–H and O–H groups in total. The molecular formula is C10H12ClN. The molecule has 64 valence electrons. The van der Waals surface area contributed by atoms with Gasteiger partial charge in [-0.3, -0.25) is 0 Å². The van der Waals surface area contributed by atoms with Crippen molar-refractivity contribution in [2.24, 2.45) is 5.73 Å². The summed E-state index contributed by atoms with van der Waals surface area (Å²) in [4.78, 5) is 0. The van der Waals surface area contributed by atoms with E-state index in [1.807, 2.05) is 6.07 Å². The molecule has 0 aliphatic heterocycles. The summed E-state index contributed by atoms with van der Waals surface area (Å²) in [7, 11) is 0. The Morgan fingerprint density at radius 3 is 2.67 bits per heavy atom. The highest BCUT2D eigenvalue weighted by atomic mass is 35.5. The fourth-order valence-electron chi connectivity index (χ4n) is 1.42. The second-order valence-electron chi connectivity index (χ2n) is 3.33. The Morgan fingerprint density at radius 1 is 1.42 bits per heavy atom. The Morgan fingerprint density at radius 2 is 2.17 bits per heavy atom. The smallest absolute Gasteiger partial charge is 0.0444 e. The van der Waals surface area contributed by atoms with Crippen LogP contribution in [0.2, 0.25) is 5.02 Å². The predicted molar refractivity (Wildman–Crippen MR) is 51.3 cm³/mol. The molecule has 2 rings (SSSR count). The summed E-state index contributed by atoms with van der Waals surface area (Å²) in [5.41, 5.74) is 7.92. The zero-order valence-electron chi connectivity index (χ0n) is 6.89. The van der Waals surface area contributed by atoms with Gasteiger partial charge < -0.3 is 5.73 Å². The van der Waals surface area contributed by atoms with Gasteiger partial charge in [0, 0.05) is 11.6 Å². The first-order valence-corrected chi connectivity index (χ1v) is 4.67. The van der Waals surface area contributed by atoms with Gasteiger partial charge in [-0.15, -0.1) is 0 Å². The lowest BCUT2D eigenvalue weighted by Crippen LogP contribution is -1.96. The van der Waals surface area contributed by atoms with Crippen LogP contribution in [0.3, 0.4) is 0 Å². The van der Waals surface area contributed by atoms with E-state index in [2.05, 4.69) is 12.1 Å². The molecule has 0 amide bonds. The lowest BCUT2D eigenvalue weighted by Gasteiger charge is -2.03. The van der Waals surface area contributed by atoms with Crippen molar-refractivity contribution < 1.29 is 0 Å². The van der Waals surface area contributed by atoms with E-state index in [1.165, 1.54) is 18.4 Å². The standard InChI is InChI=1S/C10H12ClN/c11-10-5-7(6-12)1-4-9(10)8-2-3-8/h1,4-5,8H,2-3,6,12H2. The maximum atomic E-state index is 6.09. The van der Waals surface area contributed by atoms with Crippen LogP contribution in [-0.4, -0.2) is 0 Å². The highest BCUT2D eigenvalue weighted by Crippen LogP contribution is 2.43. The summed E-state index contributed by atoms with van der Waals surface area (Å²) in [5, 5.41) is 0.889. The molecule has 0 heterocycles. The molecule has 0 atom stereocenters. The van der Waals surface area contributed by atoms with Crippen molar-refractivity contribution in [2.45, 2.75) is 25.3 Å². The van der Waals surface area contributed by atoms with E-state index in [4.69, 9.17) is 17.3 Å². The van der Waals surface area contributed by atoms with Gasteiger partial charge in [-0.05, 0) is 36.0 Å². The average molecular weight is 182 g/mol. The number of nitrogens with two attached hydrogens (primary N) is 1. The van der Waals surface area contributed by atoms with E-state index < -0.39 is 0 Å². The summed E-state index contributed by atoms with van der Waals surface area (Å²) in [6.07, 6.45) is 2.59. The van der Waals surface area contributed by atoms with E-state index in [1.54, 1.807) is 0 Å². The van der Waals surface area contributed by atoms with Gasteiger partial charge in [0.25, 0.3) is 0 Å². The Balaban J connectivity index is 2.32. The van der Waals surface area contributed by atoms with Crippen LogP contribution in [0, 0.1) is 0 Å². The minimum Gasteiger partial charge on any atom is -0.326 e. The summed E-state index contributed by atoms with van der Waals surface area (Å²) in [6, 6.07) is 6.16. The van der Waals surface area contributed by atoms with E-state index in [0.717, 1.165) is 16.5 Å². The maximum absolute atomic E-state index is 6.09. The highest BCUT2D eigenvalue weighted by molar-refractivity contribution is 6.31. The molecule has 1 aromatic carbocycles. The first-order valence-electron chi connectivity index (χ1n) is 4.29. The number of hydrogen-bond acceptors (Lipinski definition) is 1. The predicted octanol–water partition coefficient (Wildman–Crippen LogP) is 2.68. The van der Waals surface area contributed by atoms with Crippen LogP contribution in [-0.2, 0) is 6.54 Å². The molecule has 0 spiro atoms. The van der Waals surface area contributed by atoms with Crippen molar-refractivity contribution in [2.75, 3.05) is 0 Å². The van der Waals surface area contributed by atoms with Crippen LogP contribution >= 0.6 is 11.6 Å². The van der Waals surface area contributed by atoms with E-state index >= 15 is 0 Å². The van der Waals surface area contributed by atoms with Crippen LogP contribution in [0.5, 0.6) is 0 Å². The van der Waals surface area contributed by atoms with Crippen LogP contribution in [0.25, 0.3) is 0 Å². The third-order valence-corrected chi connectivity index (χ3v) is 2.65. The van der Waals surface area contributed by atoms with Gasteiger partial charge in [-0.1, -0.05) is 23.7 Å². The second-order valence-corrected chi connectivity index (χ2v) is 3.74.